The Bertz CT molecular complexity index is 888. The maximum Gasteiger partial charge on any atom is 0.203 e. The number of ether oxygens (including phenoxy) is 3. The third-order valence-electron chi connectivity index (χ3n) is 5.43. The Morgan fingerprint density at radius 3 is 2.30 bits per heavy atom. The van der Waals surface area contributed by atoms with Gasteiger partial charge in [-0.3, -0.25) is 0 Å². The van der Waals surface area contributed by atoms with E-state index in [9.17, 15) is 0 Å². The molecule has 0 aromatic heterocycles. The summed E-state index contributed by atoms with van der Waals surface area (Å²) in [7, 11) is 4.86. The van der Waals surface area contributed by atoms with Gasteiger partial charge >= 0.3 is 0 Å². The van der Waals surface area contributed by atoms with Crippen LogP contribution in [0, 0.1) is 5.92 Å². The minimum atomic E-state index is 0.0601. The minimum absolute atomic E-state index is 0.0601. The van der Waals surface area contributed by atoms with Crippen molar-refractivity contribution in [3.63, 3.8) is 0 Å². The molecule has 1 heterocycles. The number of hydrogen-bond donors (Lipinski definition) is 1. The molecular weight excluding hydrogens is 385 g/mol. The van der Waals surface area contributed by atoms with E-state index in [0.29, 0.717) is 33.2 Å². The van der Waals surface area contributed by atoms with Crippen molar-refractivity contribution >= 4 is 28.9 Å². The van der Waals surface area contributed by atoms with E-state index in [1.807, 2.05) is 18.2 Å². The first-order valence-corrected chi connectivity index (χ1v) is 9.55. The van der Waals surface area contributed by atoms with Gasteiger partial charge in [-0.2, -0.15) is 0 Å². The molecule has 0 bridgehead atoms. The van der Waals surface area contributed by atoms with Crippen LogP contribution in [0.1, 0.15) is 29.5 Å². The standard InChI is InChI=1S/C21H21Cl2NO3/c1-25-17-7-11(8-18(26-2)21(17)27-3)19-14-6-4-5-13(14)15-9-12(22)10-16(23)20(15)24-19/h4-5,7-10,13-14,19,24H,6H2,1-3H3/t13-,14+,19-/m0/s1. The van der Waals surface area contributed by atoms with Gasteiger partial charge in [-0.25, -0.2) is 0 Å². The molecule has 2 aromatic rings. The highest BCUT2D eigenvalue weighted by atomic mass is 35.5. The van der Waals surface area contributed by atoms with Crippen molar-refractivity contribution in [2.45, 2.75) is 18.4 Å². The molecule has 2 aromatic carbocycles. The van der Waals surface area contributed by atoms with Crippen LogP contribution in [0.2, 0.25) is 10.0 Å². The minimum Gasteiger partial charge on any atom is -0.493 e. The van der Waals surface area contributed by atoms with Gasteiger partial charge in [0.05, 0.1) is 38.1 Å². The Morgan fingerprint density at radius 2 is 1.67 bits per heavy atom. The fourth-order valence-corrected chi connectivity index (χ4v) is 4.80. The molecule has 0 saturated carbocycles. The van der Waals surface area contributed by atoms with Crippen molar-refractivity contribution in [3.05, 3.63) is 57.6 Å². The molecule has 0 amide bonds. The van der Waals surface area contributed by atoms with Gasteiger partial charge in [-0.05, 0) is 47.7 Å². The molecular formula is C21H21Cl2NO3. The lowest BCUT2D eigenvalue weighted by Crippen LogP contribution is -2.29. The monoisotopic (exact) mass is 405 g/mol. The lowest BCUT2D eigenvalue weighted by molar-refractivity contribution is 0.322. The molecule has 0 unspecified atom stereocenters. The highest BCUT2D eigenvalue weighted by Gasteiger charge is 2.39. The Kier molecular flexibility index (Phi) is 4.87. The number of allylic oxidation sites excluding steroid dienone is 2. The summed E-state index contributed by atoms with van der Waals surface area (Å²) >= 11 is 12.8. The predicted molar refractivity (Wildman–Crippen MR) is 109 cm³/mol. The van der Waals surface area contributed by atoms with Crippen LogP contribution in [0.5, 0.6) is 17.2 Å². The van der Waals surface area contributed by atoms with Gasteiger partial charge in [-0.1, -0.05) is 35.4 Å². The van der Waals surface area contributed by atoms with Crippen LogP contribution in [0.15, 0.2) is 36.4 Å². The summed E-state index contributed by atoms with van der Waals surface area (Å²) in [4.78, 5) is 0. The third kappa shape index (κ3) is 3.01. The van der Waals surface area contributed by atoms with Crippen LogP contribution in [-0.2, 0) is 0 Å². The zero-order chi connectivity index (χ0) is 19.1. The predicted octanol–water partition coefficient (Wildman–Crippen LogP) is 5.85. The molecule has 1 aliphatic carbocycles. The molecule has 0 saturated heterocycles. The highest BCUT2D eigenvalue weighted by molar-refractivity contribution is 6.36. The second-order valence-electron chi connectivity index (χ2n) is 6.79. The lowest BCUT2D eigenvalue weighted by Gasteiger charge is -2.38. The number of halogens is 2. The van der Waals surface area contributed by atoms with Crippen LogP contribution in [0.3, 0.4) is 0 Å². The van der Waals surface area contributed by atoms with Gasteiger partial charge in [0, 0.05) is 10.9 Å². The van der Waals surface area contributed by atoms with Gasteiger partial charge < -0.3 is 19.5 Å². The van der Waals surface area contributed by atoms with E-state index in [2.05, 4.69) is 17.5 Å². The van der Waals surface area contributed by atoms with Crippen LogP contribution in [0.4, 0.5) is 5.69 Å². The molecule has 3 atom stereocenters. The van der Waals surface area contributed by atoms with Gasteiger partial charge in [0.1, 0.15) is 0 Å². The molecule has 142 valence electrons. The fourth-order valence-electron chi connectivity index (χ4n) is 4.23. The molecule has 6 heteroatoms. The van der Waals surface area contributed by atoms with Crippen molar-refractivity contribution in [2.75, 3.05) is 26.6 Å². The molecule has 0 spiro atoms. The molecule has 0 fully saturated rings. The molecule has 4 rings (SSSR count). The van der Waals surface area contributed by atoms with Crippen molar-refractivity contribution in [1.82, 2.24) is 0 Å². The first kappa shape index (κ1) is 18.3. The van der Waals surface area contributed by atoms with Crippen LogP contribution in [-0.4, -0.2) is 21.3 Å². The maximum atomic E-state index is 6.51. The third-order valence-corrected chi connectivity index (χ3v) is 5.95. The number of anilines is 1. The Hall–Kier alpha value is -2.04. The quantitative estimate of drug-likeness (QED) is 0.647. The second kappa shape index (κ2) is 7.17. The number of rotatable bonds is 4. The normalized spacial score (nSPS) is 22.6. The summed E-state index contributed by atoms with van der Waals surface area (Å²) < 4.78 is 16.5. The first-order chi connectivity index (χ1) is 13.1. The second-order valence-corrected chi connectivity index (χ2v) is 7.63. The van der Waals surface area contributed by atoms with E-state index >= 15 is 0 Å². The Morgan fingerprint density at radius 1 is 0.963 bits per heavy atom. The molecule has 4 nitrogen and oxygen atoms in total. The van der Waals surface area contributed by atoms with Crippen LogP contribution >= 0.6 is 23.2 Å². The number of fused-ring (bicyclic) bond motifs is 3. The molecule has 1 N–H and O–H groups in total. The number of benzene rings is 2. The van der Waals surface area contributed by atoms with Crippen molar-refractivity contribution in [1.29, 1.82) is 0 Å². The fraction of sp³-hybridized carbons (Fsp3) is 0.333. The molecule has 0 radical (unpaired) electrons. The Balaban J connectivity index is 1.83. The number of methoxy groups -OCH3 is 3. The zero-order valence-electron chi connectivity index (χ0n) is 15.4. The number of nitrogens with one attached hydrogen (secondary N) is 1. The van der Waals surface area contributed by atoms with Gasteiger partial charge in [0.25, 0.3) is 0 Å². The molecule has 27 heavy (non-hydrogen) atoms. The highest BCUT2D eigenvalue weighted by Crippen LogP contribution is 2.53. The summed E-state index contributed by atoms with van der Waals surface area (Å²) in [5.74, 6) is 2.50. The topological polar surface area (TPSA) is 39.7 Å². The van der Waals surface area contributed by atoms with Crippen molar-refractivity contribution < 1.29 is 14.2 Å². The zero-order valence-corrected chi connectivity index (χ0v) is 16.9. The van der Waals surface area contributed by atoms with E-state index in [0.717, 1.165) is 23.2 Å². The molecule has 2 aliphatic rings. The summed E-state index contributed by atoms with van der Waals surface area (Å²) in [6.45, 7) is 0. The number of hydrogen-bond acceptors (Lipinski definition) is 4. The summed E-state index contributed by atoms with van der Waals surface area (Å²) in [5.41, 5.74) is 3.16. The summed E-state index contributed by atoms with van der Waals surface area (Å²) in [5, 5.41) is 4.93. The van der Waals surface area contributed by atoms with E-state index < -0.39 is 0 Å². The lowest BCUT2D eigenvalue weighted by atomic mass is 9.77. The largest absolute Gasteiger partial charge is 0.493 e. The van der Waals surface area contributed by atoms with Crippen molar-refractivity contribution in [3.8, 4) is 17.2 Å². The van der Waals surface area contributed by atoms with Gasteiger partial charge in [0.15, 0.2) is 11.5 Å². The van der Waals surface area contributed by atoms with Gasteiger partial charge in [0.2, 0.25) is 5.75 Å². The smallest absolute Gasteiger partial charge is 0.203 e. The Labute approximate surface area is 169 Å². The summed E-state index contributed by atoms with van der Waals surface area (Å²) in [6.07, 6.45) is 5.45. The SMILES string of the molecule is COc1cc([C@@H]2Nc3c(Cl)cc(Cl)cc3[C@H]3C=CC[C@H]32)cc(OC)c1OC. The van der Waals surface area contributed by atoms with Crippen LogP contribution < -0.4 is 19.5 Å². The van der Waals surface area contributed by atoms with Crippen molar-refractivity contribution in [2.24, 2.45) is 5.92 Å². The maximum absolute atomic E-state index is 6.51. The van der Waals surface area contributed by atoms with Gasteiger partial charge in [-0.15, -0.1) is 0 Å². The van der Waals surface area contributed by atoms with Crippen LogP contribution in [0.25, 0.3) is 0 Å². The average molecular weight is 406 g/mol. The van der Waals surface area contributed by atoms with E-state index in [1.165, 1.54) is 0 Å². The molecule has 1 aliphatic heterocycles. The van der Waals surface area contributed by atoms with E-state index in [4.69, 9.17) is 37.4 Å². The van der Waals surface area contributed by atoms with E-state index in [1.54, 1.807) is 27.4 Å². The average Bonchev–Trinajstić information content (AvgIpc) is 3.16. The summed E-state index contributed by atoms with van der Waals surface area (Å²) in [6, 6.07) is 7.85. The first-order valence-electron chi connectivity index (χ1n) is 8.79. The van der Waals surface area contributed by atoms with E-state index in [-0.39, 0.29) is 12.0 Å².